The first-order chi connectivity index (χ1) is 18.0. The summed E-state index contributed by atoms with van der Waals surface area (Å²) in [6, 6.07) is 0. The van der Waals surface area contributed by atoms with E-state index in [0.29, 0.717) is 18.4 Å². The highest BCUT2D eigenvalue weighted by molar-refractivity contribution is 5.85. The third-order valence-corrected chi connectivity index (χ3v) is 12.3. The van der Waals surface area contributed by atoms with E-state index in [0.717, 1.165) is 63.4 Å². The summed E-state index contributed by atoms with van der Waals surface area (Å²) in [6.07, 6.45) is 6.45. The standard InChI is InChI=1S/C30H46O8/c1-16-24(32)26(35-4)25(33)27(37-16)38-19-7-10-28(2)18(14-19)5-6-22-21(28)8-11-29(3)20(9-12-30(22,29)34)17-13-23(31)36-15-17/h13,16,18-22,24-27,32-34H,5-12,14-15H2,1-4H3/t16-,18-,19+,20?,21?,22?,24-,25-,26-,27?,28+,29-,30+/m1/s1. The van der Waals surface area contributed by atoms with Crippen LogP contribution in [-0.2, 0) is 23.7 Å². The quantitative estimate of drug-likeness (QED) is 0.372. The molecule has 0 amide bonds. The summed E-state index contributed by atoms with van der Waals surface area (Å²) in [5.74, 6) is 1.22. The average molecular weight is 535 g/mol. The zero-order chi connectivity index (χ0) is 27.0. The zero-order valence-electron chi connectivity index (χ0n) is 23.3. The Kier molecular flexibility index (Phi) is 6.80. The van der Waals surface area contributed by atoms with Crippen LogP contribution in [0.2, 0.25) is 0 Å². The van der Waals surface area contributed by atoms with Crippen molar-refractivity contribution < 1.29 is 39.1 Å². The van der Waals surface area contributed by atoms with E-state index < -0.39 is 36.3 Å². The molecule has 4 saturated carbocycles. The molecule has 0 aromatic rings. The van der Waals surface area contributed by atoms with Gasteiger partial charge >= 0.3 is 5.97 Å². The molecule has 4 aliphatic carbocycles. The minimum atomic E-state index is -1.04. The van der Waals surface area contributed by atoms with Gasteiger partial charge in [-0.1, -0.05) is 13.8 Å². The highest BCUT2D eigenvalue weighted by Gasteiger charge is 2.67. The van der Waals surface area contributed by atoms with E-state index in [1.165, 1.54) is 7.11 Å². The van der Waals surface area contributed by atoms with Crippen LogP contribution in [0.4, 0.5) is 0 Å². The largest absolute Gasteiger partial charge is 0.458 e. The number of cyclic esters (lactones) is 1. The number of rotatable bonds is 4. The second-order valence-electron chi connectivity index (χ2n) is 13.7. The number of hydrogen-bond acceptors (Lipinski definition) is 8. The van der Waals surface area contributed by atoms with Gasteiger partial charge in [-0.05, 0) is 99.4 Å². The third-order valence-electron chi connectivity index (χ3n) is 12.3. The summed E-state index contributed by atoms with van der Waals surface area (Å²) >= 11 is 0. The van der Waals surface area contributed by atoms with Crippen LogP contribution in [0.1, 0.15) is 78.6 Å². The second-order valence-corrected chi connectivity index (χ2v) is 13.7. The molecule has 38 heavy (non-hydrogen) atoms. The first kappa shape index (κ1) is 27.2. The van der Waals surface area contributed by atoms with E-state index in [1.807, 2.05) is 0 Å². The van der Waals surface area contributed by atoms with Crippen molar-refractivity contribution >= 4 is 5.97 Å². The second kappa shape index (κ2) is 9.52. The van der Waals surface area contributed by atoms with E-state index in [2.05, 4.69) is 13.8 Å². The molecular weight excluding hydrogens is 488 g/mol. The average Bonchev–Trinajstić information content (AvgIpc) is 3.43. The normalized spacial score (nSPS) is 54.5. The molecule has 2 aliphatic heterocycles. The first-order valence-electron chi connectivity index (χ1n) is 14.8. The molecule has 0 radical (unpaired) electrons. The maximum absolute atomic E-state index is 12.4. The number of aliphatic hydroxyl groups excluding tert-OH is 2. The fourth-order valence-corrected chi connectivity index (χ4v) is 10.1. The number of esters is 1. The van der Waals surface area contributed by atoms with Crippen molar-refractivity contribution in [1.82, 2.24) is 0 Å². The Hall–Kier alpha value is -1.03. The van der Waals surface area contributed by atoms with Crippen LogP contribution in [0, 0.1) is 34.5 Å². The number of ether oxygens (including phenoxy) is 4. The van der Waals surface area contributed by atoms with Crippen molar-refractivity contribution in [3.8, 4) is 0 Å². The maximum atomic E-state index is 12.4. The van der Waals surface area contributed by atoms with E-state index >= 15 is 0 Å². The Balaban J connectivity index is 1.16. The predicted molar refractivity (Wildman–Crippen MR) is 138 cm³/mol. The molecule has 4 unspecified atom stereocenters. The van der Waals surface area contributed by atoms with Gasteiger partial charge in [0, 0.05) is 18.6 Å². The van der Waals surface area contributed by atoms with E-state index in [9.17, 15) is 20.1 Å². The van der Waals surface area contributed by atoms with Gasteiger partial charge in [0.15, 0.2) is 6.29 Å². The fraction of sp³-hybridized carbons (Fsp3) is 0.900. The molecule has 13 atom stereocenters. The maximum Gasteiger partial charge on any atom is 0.331 e. The smallest absolute Gasteiger partial charge is 0.331 e. The number of fused-ring (bicyclic) bond motifs is 5. The number of hydrogen-bond donors (Lipinski definition) is 3. The molecule has 0 aromatic heterocycles. The molecule has 2 heterocycles. The summed E-state index contributed by atoms with van der Waals surface area (Å²) in [6.45, 7) is 6.87. The Morgan fingerprint density at radius 1 is 1.00 bits per heavy atom. The highest BCUT2D eigenvalue weighted by atomic mass is 16.7. The van der Waals surface area contributed by atoms with Gasteiger partial charge in [-0.25, -0.2) is 4.79 Å². The Morgan fingerprint density at radius 3 is 2.50 bits per heavy atom. The lowest BCUT2D eigenvalue weighted by Gasteiger charge is -2.64. The molecule has 8 nitrogen and oxygen atoms in total. The van der Waals surface area contributed by atoms with Crippen LogP contribution in [0.3, 0.4) is 0 Å². The summed E-state index contributed by atoms with van der Waals surface area (Å²) in [4.78, 5) is 11.8. The molecule has 3 N–H and O–H groups in total. The van der Waals surface area contributed by atoms with Gasteiger partial charge < -0.3 is 34.3 Å². The van der Waals surface area contributed by atoms with Crippen LogP contribution < -0.4 is 0 Å². The van der Waals surface area contributed by atoms with Crippen molar-refractivity contribution in [2.75, 3.05) is 13.7 Å². The summed E-state index contributed by atoms with van der Waals surface area (Å²) < 4.78 is 22.8. The monoisotopic (exact) mass is 534 g/mol. The molecule has 0 spiro atoms. The number of carbonyl (C=O) groups excluding carboxylic acids is 1. The number of carbonyl (C=O) groups is 1. The van der Waals surface area contributed by atoms with Gasteiger partial charge in [-0.15, -0.1) is 0 Å². The van der Waals surface area contributed by atoms with Crippen molar-refractivity contribution in [1.29, 1.82) is 0 Å². The molecular formula is C30H46O8. The topological polar surface area (TPSA) is 115 Å². The van der Waals surface area contributed by atoms with Crippen LogP contribution in [0.15, 0.2) is 11.6 Å². The molecule has 6 aliphatic rings. The lowest BCUT2D eigenvalue weighted by Crippen LogP contribution is -2.62. The Labute approximate surface area is 226 Å². The Bertz CT molecular complexity index is 968. The highest BCUT2D eigenvalue weighted by Crippen LogP contribution is 2.70. The van der Waals surface area contributed by atoms with Gasteiger partial charge in [0.2, 0.25) is 0 Å². The lowest BCUT2D eigenvalue weighted by molar-refractivity contribution is -0.313. The van der Waals surface area contributed by atoms with Crippen LogP contribution >= 0.6 is 0 Å². The third kappa shape index (κ3) is 3.88. The van der Waals surface area contributed by atoms with E-state index in [4.69, 9.17) is 18.9 Å². The molecule has 1 saturated heterocycles. The van der Waals surface area contributed by atoms with Crippen molar-refractivity contribution in [3.05, 3.63) is 11.6 Å². The predicted octanol–water partition coefficient (Wildman–Crippen LogP) is 3.11. The first-order valence-corrected chi connectivity index (χ1v) is 14.8. The van der Waals surface area contributed by atoms with Crippen LogP contribution in [0.25, 0.3) is 0 Å². The fourth-order valence-electron chi connectivity index (χ4n) is 10.1. The minimum Gasteiger partial charge on any atom is -0.458 e. The van der Waals surface area contributed by atoms with Crippen LogP contribution in [0.5, 0.6) is 0 Å². The van der Waals surface area contributed by atoms with E-state index in [1.54, 1.807) is 13.0 Å². The van der Waals surface area contributed by atoms with Crippen LogP contribution in [-0.4, -0.2) is 77.4 Å². The Morgan fingerprint density at radius 2 is 1.79 bits per heavy atom. The van der Waals surface area contributed by atoms with Gasteiger partial charge in [-0.3, -0.25) is 0 Å². The summed E-state index contributed by atoms with van der Waals surface area (Å²) in [7, 11) is 1.49. The van der Waals surface area contributed by atoms with Crippen molar-refractivity contribution in [2.24, 2.45) is 34.5 Å². The molecule has 8 heteroatoms. The zero-order valence-corrected chi connectivity index (χ0v) is 23.3. The molecule has 5 fully saturated rings. The van der Waals surface area contributed by atoms with Gasteiger partial charge in [-0.2, -0.15) is 0 Å². The molecule has 6 rings (SSSR count). The minimum absolute atomic E-state index is 0.0103. The molecule has 0 aromatic carbocycles. The summed E-state index contributed by atoms with van der Waals surface area (Å²) in [5.41, 5.74) is 0.300. The SMILES string of the molecule is CO[C@@H]1[C@H](O)[C@@H](C)OC(O[C@H]2CC[C@]3(C)C4CC[C@]5(C)C(C6=CC(=O)OC6)CC[C@]5(O)C4CC[C@@H]3C2)[C@@H]1O. The molecule has 214 valence electrons. The molecule has 0 bridgehead atoms. The van der Waals surface area contributed by atoms with Gasteiger partial charge in [0.25, 0.3) is 0 Å². The summed E-state index contributed by atoms with van der Waals surface area (Å²) in [5, 5.41) is 33.5. The number of methoxy groups -OCH3 is 1. The van der Waals surface area contributed by atoms with E-state index in [-0.39, 0.29) is 34.7 Å². The number of aliphatic hydroxyl groups is 3. The van der Waals surface area contributed by atoms with Crippen molar-refractivity contribution in [2.45, 2.75) is 121 Å². The van der Waals surface area contributed by atoms with Gasteiger partial charge in [0.1, 0.15) is 24.9 Å². The van der Waals surface area contributed by atoms with Gasteiger partial charge in [0.05, 0.1) is 17.8 Å². The van der Waals surface area contributed by atoms with Crippen molar-refractivity contribution in [3.63, 3.8) is 0 Å². The lowest BCUT2D eigenvalue weighted by atomic mass is 9.43.